The van der Waals surface area contributed by atoms with Gasteiger partial charge >= 0.3 is 11.9 Å². The zero-order valence-electron chi connectivity index (χ0n) is 21.2. The van der Waals surface area contributed by atoms with Crippen molar-refractivity contribution < 1.29 is 19.1 Å². The first-order valence-corrected chi connectivity index (χ1v) is 12.6. The van der Waals surface area contributed by atoms with Crippen LogP contribution in [0, 0.1) is 19.3 Å². The van der Waals surface area contributed by atoms with Gasteiger partial charge in [-0.25, -0.2) is 0 Å². The van der Waals surface area contributed by atoms with Crippen molar-refractivity contribution in [1.82, 2.24) is 0 Å². The largest absolute Gasteiger partial charge is 0.460 e. The summed E-state index contributed by atoms with van der Waals surface area (Å²) in [6.45, 7) is 4.33. The zero-order chi connectivity index (χ0) is 25.8. The average Bonchev–Trinajstić information content (AvgIpc) is 3.37. The lowest BCUT2D eigenvalue weighted by Crippen LogP contribution is -2.43. The highest BCUT2D eigenvalue weighted by Crippen LogP contribution is 2.45. The van der Waals surface area contributed by atoms with Crippen molar-refractivity contribution in [3.8, 4) is 11.1 Å². The number of fused-ring (bicyclic) bond motifs is 1. The Kier molecular flexibility index (Phi) is 6.91. The quantitative estimate of drug-likeness (QED) is 0.218. The van der Waals surface area contributed by atoms with Crippen LogP contribution in [0.4, 0.5) is 0 Å². The van der Waals surface area contributed by atoms with E-state index in [0.29, 0.717) is 0 Å². The van der Waals surface area contributed by atoms with Crippen LogP contribution in [-0.2, 0) is 45.1 Å². The minimum Gasteiger partial charge on any atom is -0.460 e. The smallest absolute Gasteiger partial charge is 0.324 e. The van der Waals surface area contributed by atoms with E-state index < -0.39 is 17.4 Å². The highest BCUT2D eigenvalue weighted by Gasteiger charge is 2.54. The molecule has 186 valence electrons. The van der Waals surface area contributed by atoms with Crippen molar-refractivity contribution in [2.75, 3.05) is 0 Å². The van der Waals surface area contributed by atoms with Crippen molar-refractivity contribution in [1.29, 1.82) is 0 Å². The Morgan fingerprint density at radius 3 is 1.65 bits per heavy atom. The Morgan fingerprint density at radius 1 is 0.676 bits per heavy atom. The fourth-order valence-corrected chi connectivity index (χ4v) is 5.20. The first kappa shape index (κ1) is 24.5. The SMILES string of the molecule is Cc1cc(-c2ccccc2)c(C)c2c1CC(C(=O)OCc1ccccc1)(C(=O)OCc1ccccc1)C2. The summed E-state index contributed by atoms with van der Waals surface area (Å²) in [6.07, 6.45) is 0.530. The second-order valence-electron chi connectivity index (χ2n) is 9.75. The number of hydrogen-bond acceptors (Lipinski definition) is 4. The first-order valence-electron chi connectivity index (χ1n) is 12.6. The summed E-state index contributed by atoms with van der Waals surface area (Å²) in [5.41, 5.74) is 6.77. The number of rotatable bonds is 7. The Labute approximate surface area is 217 Å². The van der Waals surface area contributed by atoms with Gasteiger partial charge in [0.15, 0.2) is 5.41 Å². The minimum atomic E-state index is -1.42. The average molecular weight is 491 g/mol. The Balaban J connectivity index is 1.48. The van der Waals surface area contributed by atoms with E-state index in [2.05, 4.69) is 25.1 Å². The zero-order valence-corrected chi connectivity index (χ0v) is 21.2. The monoisotopic (exact) mass is 490 g/mol. The molecule has 0 spiro atoms. The van der Waals surface area contributed by atoms with Crippen LogP contribution in [0.5, 0.6) is 0 Å². The fourth-order valence-electron chi connectivity index (χ4n) is 5.20. The third kappa shape index (κ3) is 4.92. The fraction of sp³-hybridized carbons (Fsp3) is 0.212. The molecule has 0 N–H and O–H groups in total. The molecule has 4 nitrogen and oxygen atoms in total. The standard InChI is InChI=1S/C33H30O4/c1-23-18-28(27-16-10-5-11-17-27)24(2)30-20-33(19-29(23)30,31(34)36-21-25-12-6-3-7-13-25)32(35)37-22-26-14-8-4-9-15-26/h3-18H,19-22H2,1-2H3. The molecule has 4 aromatic carbocycles. The number of esters is 2. The molecular formula is C33H30O4. The molecule has 0 amide bonds. The van der Waals surface area contributed by atoms with Crippen molar-refractivity contribution in [2.24, 2.45) is 5.41 Å². The van der Waals surface area contributed by atoms with Gasteiger partial charge in [-0.1, -0.05) is 97.1 Å². The molecule has 1 aliphatic rings. The lowest BCUT2D eigenvalue weighted by molar-refractivity contribution is -0.173. The van der Waals surface area contributed by atoms with Gasteiger partial charge in [0.2, 0.25) is 0 Å². The van der Waals surface area contributed by atoms with Gasteiger partial charge in [0, 0.05) is 12.8 Å². The molecule has 0 aromatic heterocycles. The molecule has 0 saturated carbocycles. The van der Waals surface area contributed by atoms with E-state index in [4.69, 9.17) is 9.47 Å². The highest BCUT2D eigenvalue weighted by atomic mass is 16.6. The lowest BCUT2D eigenvalue weighted by Gasteiger charge is -2.25. The molecule has 37 heavy (non-hydrogen) atoms. The van der Waals surface area contributed by atoms with Crippen LogP contribution in [0.2, 0.25) is 0 Å². The van der Waals surface area contributed by atoms with E-state index in [-0.39, 0.29) is 26.1 Å². The molecule has 1 aliphatic carbocycles. The maximum absolute atomic E-state index is 13.7. The molecule has 0 fully saturated rings. The number of aryl methyl sites for hydroxylation is 1. The number of carbonyl (C=O) groups is 2. The molecule has 0 saturated heterocycles. The molecule has 0 atom stereocenters. The van der Waals surface area contributed by atoms with E-state index in [9.17, 15) is 9.59 Å². The molecule has 4 heteroatoms. The first-order chi connectivity index (χ1) is 18.0. The van der Waals surface area contributed by atoms with Gasteiger partial charge in [-0.3, -0.25) is 9.59 Å². The molecule has 0 aliphatic heterocycles. The van der Waals surface area contributed by atoms with E-state index in [1.807, 2.05) is 85.8 Å². The second-order valence-corrected chi connectivity index (χ2v) is 9.75. The van der Waals surface area contributed by atoms with E-state index in [1.54, 1.807) is 0 Å². The topological polar surface area (TPSA) is 52.6 Å². The summed E-state index contributed by atoms with van der Waals surface area (Å²) in [7, 11) is 0. The predicted molar refractivity (Wildman–Crippen MR) is 144 cm³/mol. The molecule has 4 aromatic rings. The Bertz CT molecular complexity index is 1350. The summed E-state index contributed by atoms with van der Waals surface area (Å²) in [4.78, 5) is 27.4. The second kappa shape index (κ2) is 10.4. The van der Waals surface area contributed by atoms with E-state index in [0.717, 1.165) is 44.5 Å². The normalized spacial score (nSPS) is 13.6. The minimum absolute atomic E-state index is 0.108. The summed E-state index contributed by atoms with van der Waals surface area (Å²) in [5, 5.41) is 0. The van der Waals surface area contributed by atoms with Gasteiger partial charge < -0.3 is 9.47 Å². The maximum atomic E-state index is 13.7. The number of carbonyl (C=O) groups excluding carboxylic acids is 2. The summed E-state index contributed by atoms with van der Waals surface area (Å²) in [6, 6.07) is 31.4. The van der Waals surface area contributed by atoms with Crippen LogP contribution in [0.15, 0.2) is 97.1 Å². The summed E-state index contributed by atoms with van der Waals surface area (Å²) < 4.78 is 11.5. The molecule has 0 unspecified atom stereocenters. The molecular weight excluding hydrogens is 460 g/mol. The summed E-state index contributed by atoms with van der Waals surface area (Å²) in [5.74, 6) is -1.07. The van der Waals surface area contributed by atoms with Crippen molar-refractivity contribution in [2.45, 2.75) is 39.9 Å². The van der Waals surface area contributed by atoms with E-state index >= 15 is 0 Å². The molecule has 0 bridgehead atoms. The Morgan fingerprint density at radius 2 is 1.14 bits per heavy atom. The predicted octanol–water partition coefficient (Wildman–Crippen LogP) is 6.54. The van der Waals surface area contributed by atoms with Crippen LogP contribution in [0.3, 0.4) is 0 Å². The molecule has 5 rings (SSSR count). The lowest BCUT2D eigenvalue weighted by atomic mass is 9.84. The van der Waals surface area contributed by atoms with Gasteiger partial charge in [-0.05, 0) is 58.4 Å². The van der Waals surface area contributed by atoms with Crippen molar-refractivity contribution >= 4 is 11.9 Å². The van der Waals surface area contributed by atoms with Crippen molar-refractivity contribution in [3.05, 3.63) is 130 Å². The van der Waals surface area contributed by atoms with Crippen molar-refractivity contribution in [3.63, 3.8) is 0 Å². The highest BCUT2D eigenvalue weighted by molar-refractivity contribution is 6.02. The van der Waals surface area contributed by atoms with Gasteiger partial charge in [0.05, 0.1) is 0 Å². The third-order valence-corrected chi connectivity index (χ3v) is 7.31. The van der Waals surface area contributed by atoms with Gasteiger partial charge in [0.25, 0.3) is 0 Å². The summed E-state index contributed by atoms with van der Waals surface area (Å²) >= 11 is 0. The van der Waals surface area contributed by atoms with Crippen LogP contribution in [0.1, 0.15) is 33.4 Å². The van der Waals surface area contributed by atoms with Gasteiger partial charge in [-0.2, -0.15) is 0 Å². The third-order valence-electron chi connectivity index (χ3n) is 7.31. The van der Waals surface area contributed by atoms with E-state index in [1.165, 1.54) is 0 Å². The number of benzene rings is 4. The number of hydrogen-bond donors (Lipinski definition) is 0. The maximum Gasteiger partial charge on any atom is 0.324 e. The van der Waals surface area contributed by atoms with Crippen LogP contribution in [-0.4, -0.2) is 11.9 Å². The molecule has 0 radical (unpaired) electrons. The van der Waals surface area contributed by atoms with Crippen LogP contribution in [0.25, 0.3) is 11.1 Å². The van der Waals surface area contributed by atoms with Crippen LogP contribution >= 0.6 is 0 Å². The molecule has 0 heterocycles. The Hall–Kier alpha value is -4.18. The van der Waals surface area contributed by atoms with Gasteiger partial charge in [0.1, 0.15) is 13.2 Å². The van der Waals surface area contributed by atoms with Gasteiger partial charge in [-0.15, -0.1) is 0 Å². The number of ether oxygens (including phenoxy) is 2. The van der Waals surface area contributed by atoms with Crippen LogP contribution < -0.4 is 0 Å².